The first-order valence-corrected chi connectivity index (χ1v) is 12.6. The van der Waals surface area contributed by atoms with Gasteiger partial charge in [0.2, 0.25) is 5.91 Å². The van der Waals surface area contributed by atoms with Crippen molar-refractivity contribution < 1.29 is 28.5 Å². The zero-order chi connectivity index (χ0) is 27.1. The van der Waals surface area contributed by atoms with Crippen LogP contribution in [0.1, 0.15) is 18.1 Å². The lowest BCUT2D eigenvalue weighted by Crippen LogP contribution is -2.51. The molecule has 1 fully saturated rings. The number of aryl methyl sites for hydroxylation is 1. The highest BCUT2D eigenvalue weighted by molar-refractivity contribution is 5.73. The molecule has 2 heterocycles. The zero-order valence-corrected chi connectivity index (χ0v) is 22.1. The predicted octanol–water partition coefficient (Wildman–Crippen LogP) is 2.89. The van der Waals surface area contributed by atoms with Gasteiger partial charge < -0.3 is 24.2 Å². The fourth-order valence-electron chi connectivity index (χ4n) is 4.51. The number of ether oxygens (including phenoxy) is 3. The van der Waals surface area contributed by atoms with Crippen LogP contribution in [0.4, 0.5) is 4.39 Å². The monoisotopic (exact) mass is 526 g/mol. The van der Waals surface area contributed by atoms with Crippen molar-refractivity contribution in [1.29, 1.82) is 0 Å². The van der Waals surface area contributed by atoms with Gasteiger partial charge in [0.1, 0.15) is 30.4 Å². The lowest BCUT2D eigenvalue weighted by Gasteiger charge is -2.32. The lowest BCUT2D eigenvalue weighted by atomic mass is 10.0. The Bertz CT molecular complexity index is 1220. The van der Waals surface area contributed by atoms with E-state index in [4.69, 9.17) is 14.2 Å². The van der Waals surface area contributed by atoms with Crippen LogP contribution >= 0.6 is 0 Å². The highest BCUT2D eigenvalue weighted by atomic mass is 19.1. The number of aliphatic hydroxyl groups is 1. The molecule has 1 aliphatic heterocycles. The molecule has 0 radical (unpaired) electrons. The minimum Gasteiger partial charge on any atom is -0.493 e. The number of aromatic nitrogens is 2. The molecule has 1 N–H and O–H groups in total. The van der Waals surface area contributed by atoms with Gasteiger partial charge in [-0.1, -0.05) is 6.07 Å². The first kappa shape index (κ1) is 27.4. The summed E-state index contributed by atoms with van der Waals surface area (Å²) in [5.74, 6) is 1.24. The number of rotatable bonds is 10. The number of hydrogen-bond acceptors (Lipinski definition) is 7. The van der Waals surface area contributed by atoms with E-state index in [2.05, 4.69) is 10.00 Å². The molecule has 1 saturated heterocycles. The molecule has 1 amide bonds. The third-order valence-corrected chi connectivity index (χ3v) is 6.43. The average Bonchev–Trinajstić information content (AvgIpc) is 3.22. The average molecular weight is 527 g/mol. The van der Waals surface area contributed by atoms with Crippen LogP contribution in [0.5, 0.6) is 17.2 Å². The van der Waals surface area contributed by atoms with Crippen LogP contribution in [-0.2, 0) is 17.9 Å². The summed E-state index contributed by atoms with van der Waals surface area (Å²) in [4.78, 5) is 15.9. The van der Waals surface area contributed by atoms with Gasteiger partial charge in [-0.05, 0) is 54.4 Å². The number of carbonyl (C=O) groups excluding carboxylic acids is 1. The van der Waals surface area contributed by atoms with Crippen molar-refractivity contribution in [1.82, 2.24) is 19.6 Å². The van der Waals surface area contributed by atoms with E-state index in [0.29, 0.717) is 56.6 Å². The lowest BCUT2D eigenvalue weighted by molar-refractivity contribution is -0.132. The zero-order valence-electron chi connectivity index (χ0n) is 22.1. The van der Waals surface area contributed by atoms with Gasteiger partial charge in [-0.25, -0.2) is 4.39 Å². The number of halogens is 1. The Hall–Kier alpha value is -3.63. The number of carbonyl (C=O) groups is 1. The molecular weight excluding hydrogens is 491 g/mol. The van der Waals surface area contributed by atoms with E-state index in [1.807, 2.05) is 42.2 Å². The summed E-state index contributed by atoms with van der Waals surface area (Å²) in [6, 6.07) is 11.4. The van der Waals surface area contributed by atoms with Crippen LogP contribution in [-0.4, -0.2) is 82.7 Å². The number of methoxy groups -OCH3 is 1. The number of β-amino-alcohol motifs (C(OH)–C–C–N with tert-alkyl or cyclic N) is 1. The summed E-state index contributed by atoms with van der Waals surface area (Å²) in [5, 5.41) is 15.8. The second-order valence-corrected chi connectivity index (χ2v) is 9.73. The third-order valence-electron chi connectivity index (χ3n) is 6.43. The Morgan fingerprint density at radius 2 is 1.89 bits per heavy atom. The van der Waals surface area contributed by atoms with E-state index in [0.717, 1.165) is 11.1 Å². The minimum atomic E-state index is -1.32. The second-order valence-electron chi connectivity index (χ2n) is 9.73. The quantitative estimate of drug-likeness (QED) is 0.435. The predicted molar refractivity (Wildman–Crippen MR) is 140 cm³/mol. The normalized spacial score (nSPS) is 18.2. The highest BCUT2D eigenvalue weighted by Gasteiger charge is 2.37. The molecule has 0 unspecified atom stereocenters. The molecule has 38 heavy (non-hydrogen) atoms. The summed E-state index contributed by atoms with van der Waals surface area (Å²) in [7, 11) is 1.60. The van der Waals surface area contributed by atoms with Crippen LogP contribution in [0.25, 0.3) is 0 Å². The number of benzene rings is 2. The fraction of sp³-hybridized carbons (Fsp3) is 0.429. The first-order chi connectivity index (χ1) is 18.2. The summed E-state index contributed by atoms with van der Waals surface area (Å²) < 4.78 is 32.4. The Morgan fingerprint density at radius 1 is 1.11 bits per heavy atom. The van der Waals surface area contributed by atoms with Gasteiger partial charge in [0.15, 0.2) is 11.5 Å². The van der Waals surface area contributed by atoms with E-state index in [-0.39, 0.29) is 24.9 Å². The van der Waals surface area contributed by atoms with Gasteiger partial charge in [0, 0.05) is 39.3 Å². The molecule has 204 valence electrons. The van der Waals surface area contributed by atoms with Crippen molar-refractivity contribution in [3.8, 4) is 17.2 Å². The van der Waals surface area contributed by atoms with E-state index in [1.54, 1.807) is 12.0 Å². The molecule has 4 rings (SSSR count). The second kappa shape index (κ2) is 12.3. The molecule has 1 aromatic heterocycles. The van der Waals surface area contributed by atoms with Gasteiger partial charge in [0.05, 0.1) is 26.4 Å². The molecule has 0 saturated carbocycles. The van der Waals surface area contributed by atoms with Crippen molar-refractivity contribution in [3.63, 3.8) is 0 Å². The summed E-state index contributed by atoms with van der Waals surface area (Å²) in [5.41, 5.74) is 0.756. The maximum absolute atomic E-state index is 13.3. The Balaban J connectivity index is 1.44. The van der Waals surface area contributed by atoms with Gasteiger partial charge in [0.25, 0.3) is 0 Å². The van der Waals surface area contributed by atoms with Gasteiger partial charge in [-0.15, -0.1) is 0 Å². The van der Waals surface area contributed by atoms with Crippen LogP contribution in [0, 0.1) is 12.7 Å². The maximum Gasteiger partial charge on any atom is 0.219 e. The molecule has 9 nitrogen and oxygen atoms in total. The van der Waals surface area contributed by atoms with Crippen LogP contribution in [0.3, 0.4) is 0 Å². The van der Waals surface area contributed by atoms with E-state index < -0.39 is 5.60 Å². The maximum atomic E-state index is 13.3. The van der Waals surface area contributed by atoms with Crippen molar-refractivity contribution in [2.24, 2.45) is 0 Å². The Morgan fingerprint density at radius 3 is 2.58 bits per heavy atom. The van der Waals surface area contributed by atoms with Gasteiger partial charge in [-0.3, -0.25) is 14.4 Å². The van der Waals surface area contributed by atoms with Crippen molar-refractivity contribution >= 4 is 5.91 Å². The van der Waals surface area contributed by atoms with E-state index in [1.165, 1.54) is 31.2 Å². The van der Waals surface area contributed by atoms with E-state index >= 15 is 0 Å². The Kier molecular flexibility index (Phi) is 8.85. The molecule has 2 aromatic carbocycles. The number of nitrogens with zero attached hydrogens (tertiary/aromatic N) is 4. The standard InChI is InChI=1S/C28H35FN4O5/c1-21-15-30-33(16-21)12-13-37-27-14-23(4-9-26(27)36-3)17-31-10-11-32(22(2)34)19-28(35,18-31)20-38-25-7-5-24(29)6-8-25/h4-9,14-16,35H,10-13,17-20H2,1-3H3/t28-/m0/s1. The van der Waals surface area contributed by atoms with Crippen LogP contribution in [0.15, 0.2) is 54.9 Å². The molecule has 0 spiro atoms. The molecule has 0 aliphatic carbocycles. The SMILES string of the molecule is COc1ccc(CN2CCN(C(C)=O)C[C@](O)(COc3ccc(F)cc3)C2)cc1OCCn1cc(C)cn1. The topological polar surface area (TPSA) is 89.3 Å². The van der Waals surface area contributed by atoms with Crippen molar-refractivity contribution in [2.45, 2.75) is 32.5 Å². The largest absolute Gasteiger partial charge is 0.493 e. The molecule has 10 heteroatoms. The summed E-state index contributed by atoms with van der Waals surface area (Å²) in [6.07, 6.45) is 3.77. The number of hydrogen-bond donors (Lipinski definition) is 1. The molecule has 0 bridgehead atoms. The van der Waals surface area contributed by atoms with Gasteiger partial charge >= 0.3 is 0 Å². The molecule has 1 atom stereocenters. The van der Waals surface area contributed by atoms with Crippen LogP contribution in [0.2, 0.25) is 0 Å². The Labute approximate surface area is 222 Å². The fourth-order valence-corrected chi connectivity index (χ4v) is 4.51. The summed E-state index contributed by atoms with van der Waals surface area (Å²) in [6.45, 7) is 6.51. The highest BCUT2D eigenvalue weighted by Crippen LogP contribution is 2.29. The molecule has 3 aromatic rings. The molecule has 1 aliphatic rings. The van der Waals surface area contributed by atoms with E-state index in [9.17, 15) is 14.3 Å². The summed E-state index contributed by atoms with van der Waals surface area (Å²) >= 11 is 0. The number of amides is 1. The van der Waals surface area contributed by atoms with Crippen molar-refractivity contribution in [2.75, 3.05) is 46.5 Å². The minimum absolute atomic E-state index is 0.0389. The van der Waals surface area contributed by atoms with Crippen LogP contribution < -0.4 is 14.2 Å². The smallest absolute Gasteiger partial charge is 0.219 e. The molecular formula is C28H35FN4O5. The van der Waals surface area contributed by atoms with Crippen molar-refractivity contribution in [3.05, 3.63) is 71.8 Å². The van der Waals surface area contributed by atoms with Gasteiger partial charge in [-0.2, -0.15) is 5.10 Å². The third kappa shape index (κ3) is 7.45. The first-order valence-electron chi connectivity index (χ1n) is 12.6.